The van der Waals surface area contributed by atoms with E-state index in [0.29, 0.717) is 16.9 Å². The molecule has 0 bridgehead atoms. The lowest BCUT2D eigenvalue weighted by molar-refractivity contribution is 0.407. The number of ether oxygens (including phenoxy) is 1. The van der Waals surface area contributed by atoms with Gasteiger partial charge in [-0.1, -0.05) is 13.8 Å². The maximum absolute atomic E-state index is 9.87. The van der Waals surface area contributed by atoms with Crippen LogP contribution in [0.2, 0.25) is 0 Å². The monoisotopic (exact) mass is 219 g/mol. The summed E-state index contributed by atoms with van der Waals surface area (Å²) in [5, 5.41) is 19.0. The SMILES string of the molecule is CCC(CC)c1c(O)ccc(OC)c1C#N. The van der Waals surface area contributed by atoms with E-state index >= 15 is 0 Å². The van der Waals surface area contributed by atoms with Crippen LogP contribution in [-0.2, 0) is 0 Å². The van der Waals surface area contributed by atoms with E-state index in [4.69, 9.17) is 10.00 Å². The summed E-state index contributed by atoms with van der Waals surface area (Å²) < 4.78 is 5.14. The van der Waals surface area contributed by atoms with Gasteiger partial charge in [0.1, 0.15) is 23.1 Å². The molecular formula is C13H17NO2. The predicted octanol–water partition coefficient (Wildman–Crippen LogP) is 3.18. The van der Waals surface area contributed by atoms with Gasteiger partial charge in [0.15, 0.2) is 0 Å². The van der Waals surface area contributed by atoms with Crippen molar-refractivity contribution in [1.82, 2.24) is 0 Å². The molecule has 0 aliphatic rings. The zero-order valence-electron chi connectivity index (χ0n) is 9.95. The van der Waals surface area contributed by atoms with Crippen molar-refractivity contribution in [2.24, 2.45) is 0 Å². The molecule has 3 heteroatoms. The number of aromatic hydroxyl groups is 1. The maximum Gasteiger partial charge on any atom is 0.137 e. The smallest absolute Gasteiger partial charge is 0.137 e. The van der Waals surface area contributed by atoms with Gasteiger partial charge in [-0.25, -0.2) is 0 Å². The summed E-state index contributed by atoms with van der Waals surface area (Å²) in [6.45, 7) is 4.10. The normalized spacial score (nSPS) is 10.2. The average molecular weight is 219 g/mol. The molecule has 0 aliphatic heterocycles. The van der Waals surface area contributed by atoms with E-state index in [-0.39, 0.29) is 11.7 Å². The number of rotatable bonds is 4. The highest BCUT2D eigenvalue weighted by atomic mass is 16.5. The molecular weight excluding hydrogens is 202 g/mol. The second-order valence-corrected chi connectivity index (χ2v) is 3.70. The van der Waals surface area contributed by atoms with Crippen LogP contribution >= 0.6 is 0 Å². The van der Waals surface area contributed by atoms with Crippen LogP contribution in [0.15, 0.2) is 12.1 Å². The topological polar surface area (TPSA) is 53.2 Å². The third-order valence-electron chi connectivity index (χ3n) is 2.91. The third-order valence-corrected chi connectivity index (χ3v) is 2.91. The van der Waals surface area contributed by atoms with Crippen molar-refractivity contribution in [3.05, 3.63) is 23.3 Å². The average Bonchev–Trinajstić information content (AvgIpc) is 2.32. The fraction of sp³-hybridized carbons (Fsp3) is 0.462. The molecule has 0 fully saturated rings. The van der Waals surface area contributed by atoms with Gasteiger partial charge in [0.05, 0.1) is 7.11 Å². The van der Waals surface area contributed by atoms with Crippen molar-refractivity contribution in [1.29, 1.82) is 5.26 Å². The summed E-state index contributed by atoms with van der Waals surface area (Å²) in [6, 6.07) is 5.34. The first kappa shape index (κ1) is 12.4. The van der Waals surface area contributed by atoms with E-state index in [9.17, 15) is 5.11 Å². The molecule has 0 unspecified atom stereocenters. The van der Waals surface area contributed by atoms with Crippen LogP contribution in [0.4, 0.5) is 0 Å². The van der Waals surface area contributed by atoms with Gasteiger partial charge in [-0.2, -0.15) is 5.26 Å². The number of hydrogen-bond acceptors (Lipinski definition) is 3. The first-order valence-electron chi connectivity index (χ1n) is 5.49. The summed E-state index contributed by atoms with van der Waals surface area (Å²) in [5.41, 5.74) is 1.17. The lowest BCUT2D eigenvalue weighted by Gasteiger charge is -2.17. The Labute approximate surface area is 96.3 Å². The number of nitriles is 1. The molecule has 0 radical (unpaired) electrons. The Hall–Kier alpha value is -1.69. The molecule has 16 heavy (non-hydrogen) atoms. The molecule has 1 N–H and O–H groups in total. The number of hydrogen-bond donors (Lipinski definition) is 1. The zero-order chi connectivity index (χ0) is 12.1. The van der Waals surface area contributed by atoms with E-state index in [2.05, 4.69) is 6.07 Å². The third kappa shape index (κ3) is 2.11. The van der Waals surface area contributed by atoms with Crippen LogP contribution in [0.25, 0.3) is 0 Å². The minimum absolute atomic E-state index is 0.186. The van der Waals surface area contributed by atoms with Crippen LogP contribution in [0, 0.1) is 11.3 Å². The highest BCUT2D eigenvalue weighted by Crippen LogP contribution is 2.37. The molecule has 0 aliphatic carbocycles. The zero-order valence-corrected chi connectivity index (χ0v) is 9.95. The van der Waals surface area contributed by atoms with Gasteiger partial charge in [-0.05, 0) is 30.9 Å². The van der Waals surface area contributed by atoms with Gasteiger partial charge in [0.2, 0.25) is 0 Å². The van der Waals surface area contributed by atoms with E-state index in [1.54, 1.807) is 12.1 Å². The second kappa shape index (κ2) is 5.41. The van der Waals surface area contributed by atoms with E-state index in [1.807, 2.05) is 13.8 Å². The summed E-state index contributed by atoms with van der Waals surface area (Å²) in [6.07, 6.45) is 1.79. The van der Waals surface area contributed by atoms with Crippen LogP contribution in [0.1, 0.15) is 43.7 Å². The number of phenolic OH excluding ortho intramolecular Hbond substituents is 1. The quantitative estimate of drug-likeness (QED) is 0.846. The van der Waals surface area contributed by atoms with Crippen LogP contribution < -0.4 is 4.74 Å². The van der Waals surface area contributed by atoms with Crippen molar-refractivity contribution >= 4 is 0 Å². The summed E-state index contributed by atoms with van der Waals surface area (Å²) in [4.78, 5) is 0. The summed E-state index contributed by atoms with van der Waals surface area (Å²) >= 11 is 0. The minimum atomic E-state index is 0.186. The number of methoxy groups -OCH3 is 1. The van der Waals surface area contributed by atoms with Crippen molar-refractivity contribution in [3.8, 4) is 17.6 Å². The Bertz CT molecular complexity index is 403. The van der Waals surface area contributed by atoms with Crippen molar-refractivity contribution < 1.29 is 9.84 Å². The van der Waals surface area contributed by atoms with Gasteiger partial charge < -0.3 is 9.84 Å². The number of nitrogens with zero attached hydrogens (tertiary/aromatic N) is 1. The summed E-state index contributed by atoms with van der Waals surface area (Å²) in [7, 11) is 1.53. The molecule has 0 saturated heterocycles. The molecule has 1 aromatic rings. The molecule has 0 amide bonds. The Balaban J connectivity index is 3.40. The van der Waals surface area contributed by atoms with Crippen LogP contribution in [0.5, 0.6) is 11.5 Å². The largest absolute Gasteiger partial charge is 0.508 e. The van der Waals surface area contributed by atoms with Crippen molar-refractivity contribution in [2.45, 2.75) is 32.6 Å². The number of benzene rings is 1. The minimum Gasteiger partial charge on any atom is -0.508 e. The van der Waals surface area contributed by atoms with Gasteiger partial charge in [0.25, 0.3) is 0 Å². The molecule has 3 nitrogen and oxygen atoms in total. The molecule has 0 aromatic heterocycles. The van der Waals surface area contributed by atoms with Gasteiger partial charge in [0, 0.05) is 5.56 Å². The standard InChI is InChI=1S/C13H17NO2/c1-4-9(5-2)13-10(8-14)12(16-3)7-6-11(13)15/h6-7,9,15H,4-5H2,1-3H3. The number of phenols is 1. The Morgan fingerprint density at radius 1 is 1.38 bits per heavy atom. The maximum atomic E-state index is 9.87. The highest BCUT2D eigenvalue weighted by Gasteiger charge is 2.19. The molecule has 0 saturated carbocycles. The Morgan fingerprint density at radius 2 is 2.00 bits per heavy atom. The highest BCUT2D eigenvalue weighted by molar-refractivity contribution is 5.56. The van der Waals surface area contributed by atoms with Gasteiger partial charge >= 0.3 is 0 Å². The lowest BCUT2D eigenvalue weighted by Crippen LogP contribution is -2.01. The van der Waals surface area contributed by atoms with E-state index in [0.717, 1.165) is 12.8 Å². The molecule has 0 spiro atoms. The summed E-state index contributed by atoms with van der Waals surface area (Å²) in [5.74, 6) is 0.915. The second-order valence-electron chi connectivity index (χ2n) is 3.70. The molecule has 1 rings (SSSR count). The Kier molecular flexibility index (Phi) is 4.19. The molecule has 1 aromatic carbocycles. The molecule has 0 heterocycles. The van der Waals surface area contributed by atoms with Crippen molar-refractivity contribution in [2.75, 3.05) is 7.11 Å². The fourth-order valence-electron chi connectivity index (χ4n) is 1.98. The van der Waals surface area contributed by atoms with E-state index < -0.39 is 0 Å². The lowest BCUT2D eigenvalue weighted by atomic mass is 9.89. The first-order valence-corrected chi connectivity index (χ1v) is 5.49. The molecule has 86 valence electrons. The fourth-order valence-corrected chi connectivity index (χ4v) is 1.98. The molecule has 0 atom stereocenters. The van der Waals surface area contributed by atoms with Crippen molar-refractivity contribution in [3.63, 3.8) is 0 Å². The van der Waals surface area contributed by atoms with Crippen LogP contribution in [0.3, 0.4) is 0 Å². The predicted molar refractivity (Wildman–Crippen MR) is 62.7 cm³/mol. The first-order chi connectivity index (χ1) is 7.69. The van der Waals surface area contributed by atoms with Gasteiger partial charge in [-0.3, -0.25) is 0 Å². The van der Waals surface area contributed by atoms with Crippen LogP contribution in [-0.4, -0.2) is 12.2 Å². The Morgan fingerprint density at radius 3 is 2.44 bits per heavy atom. The van der Waals surface area contributed by atoms with Gasteiger partial charge in [-0.15, -0.1) is 0 Å². The van der Waals surface area contributed by atoms with E-state index in [1.165, 1.54) is 7.11 Å².